The maximum atomic E-state index is 12.6. The monoisotopic (exact) mass is 506 g/mol. The van der Waals surface area contributed by atoms with Crippen molar-refractivity contribution in [3.05, 3.63) is 18.0 Å². The Labute approximate surface area is 173 Å². The molecule has 11 heteroatoms. The van der Waals surface area contributed by atoms with E-state index in [2.05, 4.69) is 44.8 Å². The van der Waals surface area contributed by atoms with Crippen LogP contribution >= 0.6 is 35.7 Å². The number of thioether (sulfide) groups is 1. The molecular weight excluding hydrogens is 480 g/mol. The van der Waals surface area contributed by atoms with Crippen LogP contribution in [0.3, 0.4) is 0 Å². The van der Waals surface area contributed by atoms with Crippen molar-refractivity contribution in [1.82, 2.24) is 20.6 Å². The summed E-state index contributed by atoms with van der Waals surface area (Å²) in [7, 11) is 0. The number of aromatic nitrogens is 2. The molecular formula is C15H26F3IN6S. The quantitative estimate of drug-likeness (QED) is 0.218. The normalized spacial score (nSPS) is 12.3. The van der Waals surface area contributed by atoms with Crippen molar-refractivity contribution in [2.45, 2.75) is 31.7 Å². The molecule has 26 heavy (non-hydrogen) atoms. The van der Waals surface area contributed by atoms with E-state index >= 15 is 0 Å². The largest absolute Gasteiger partial charge is 0.433 e. The number of aliphatic imine (C=N–C) groups is 1. The summed E-state index contributed by atoms with van der Waals surface area (Å²) >= 11 is 1.73. The highest BCUT2D eigenvalue weighted by atomic mass is 127. The summed E-state index contributed by atoms with van der Waals surface area (Å²) in [5.74, 6) is 0.610. The lowest BCUT2D eigenvalue weighted by atomic mass is 10.2. The van der Waals surface area contributed by atoms with Crippen molar-refractivity contribution < 1.29 is 13.2 Å². The molecule has 0 saturated carbocycles. The summed E-state index contributed by atoms with van der Waals surface area (Å²) in [6.45, 7) is 8.37. The first-order chi connectivity index (χ1) is 11.7. The molecule has 1 aromatic rings. The van der Waals surface area contributed by atoms with Crippen molar-refractivity contribution in [3.8, 4) is 0 Å². The van der Waals surface area contributed by atoms with Gasteiger partial charge in [-0.25, -0.2) is 9.97 Å². The zero-order valence-corrected chi connectivity index (χ0v) is 18.4. The van der Waals surface area contributed by atoms with Crippen LogP contribution in [0.4, 0.5) is 19.1 Å². The van der Waals surface area contributed by atoms with Gasteiger partial charge in [0.25, 0.3) is 0 Å². The lowest BCUT2D eigenvalue weighted by molar-refractivity contribution is -0.141. The molecule has 1 heterocycles. The van der Waals surface area contributed by atoms with Crippen LogP contribution in [0, 0.1) is 0 Å². The van der Waals surface area contributed by atoms with Gasteiger partial charge in [0.05, 0.1) is 6.54 Å². The third kappa shape index (κ3) is 9.64. The van der Waals surface area contributed by atoms with Gasteiger partial charge in [-0.1, -0.05) is 0 Å². The molecule has 0 aromatic carbocycles. The first kappa shape index (κ1) is 25.0. The Morgan fingerprint density at radius 2 is 1.92 bits per heavy atom. The third-order valence-corrected chi connectivity index (χ3v) is 4.40. The molecule has 0 saturated heterocycles. The third-order valence-electron chi connectivity index (χ3n) is 3.16. The fourth-order valence-electron chi connectivity index (χ4n) is 1.63. The van der Waals surface area contributed by atoms with Gasteiger partial charge in [-0.3, -0.25) is 4.99 Å². The number of guanidine groups is 1. The summed E-state index contributed by atoms with van der Waals surface area (Å²) in [5, 5.41) is 9.02. The van der Waals surface area contributed by atoms with Crippen molar-refractivity contribution in [2.75, 3.05) is 37.8 Å². The second-order valence-corrected chi connectivity index (χ2v) is 7.29. The van der Waals surface area contributed by atoms with E-state index in [1.165, 1.54) is 0 Å². The van der Waals surface area contributed by atoms with E-state index in [9.17, 15) is 13.2 Å². The Morgan fingerprint density at radius 1 is 1.23 bits per heavy atom. The SMILES string of the molecule is CCNC(=NCC(C)(C)SC)NCCNc1nccc(C(F)(F)F)n1.I. The first-order valence-electron chi connectivity index (χ1n) is 7.89. The van der Waals surface area contributed by atoms with Crippen LogP contribution < -0.4 is 16.0 Å². The van der Waals surface area contributed by atoms with E-state index in [-0.39, 0.29) is 34.7 Å². The van der Waals surface area contributed by atoms with Gasteiger partial charge in [0.2, 0.25) is 5.95 Å². The van der Waals surface area contributed by atoms with E-state index in [1.54, 1.807) is 11.8 Å². The van der Waals surface area contributed by atoms with Gasteiger partial charge in [-0.2, -0.15) is 24.9 Å². The van der Waals surface area contributed by atoms with Crippen molar-refractivity contribution in [2.24, 2.45) is 4.99 Å². The van der Waals surface area contributed by atoms with Gasteiger partial charge < -0.3 is 16.0 Å². The van der Waals surface area contributed by atoms with Gasteiger partial charge >= 0.3 is 6.18 Å². The molecule has 150 valence electrons. The minimum absolute atomic E-state index is 0. The average Bonchev–Trinajstić information content (AvgIpc) is 2.56. The zero-order chi connectivity index (χ0) is 18.9. The Morgan fingerprint density at radius 3 is 2.50 bits per heavy atom. The molecule has 1 aromatic heterocycles. The molecule has 0 aliphatic rings. The van der Waals surface area contributed by atoms with Crippen LogP contribution in [0.2, 0.25) is 0 Å². The Balaban J connectivity index is 0.00000625. The van der Waals surface area contributed by atoms with Gasteiger partial charge in [-0.05, 0) is 33.1 Å². The van der Waals surface area contributed by atoms with Crippen LogP contribution in [-0.4, -0.2) is 53.1 Å². The summed E-state index contributed by atoms with van der Waals surface area (Å²) in [6.07, 6.45) is -1.36. The highest BCUT2D eigenvalue weighted by molar-refractivity contribution is 14.0. The lowest BCUT2D eigenvalue weighted by Gasteiger charge is -2.20. The van der Waals surface area contributed by atoms with Gasteiger partial charge in [-0.15, -0.1) is 24.0 Å². The number of nitrogens with zero attached hydrogens (tertiary/aromatic N) is 3. The number of alkyl halides is 3. The molecule has 1 rings (SSSR count). The van der Waals surface area contributed by atoms with Gasteiger partial charge in [0, 0.05) is 30.6 Å². The highest BCUT2D eigenvalue weighted by Gasteiger charge is 2.32. The van der Waals surface area contributed by atoms with E-state index in [0.717, 1.165) is 18.8 Å². The summed E-state index contributed by atoms with van der Waals surface area (Å²) in [6, 6.07) is 0.840. The molecule has 0 atom stereocenters. The van der Waals surface area contributed by atoms with Gasteiger partial charge in [0.1, 0.15) is 5.69 Å². The first-order valence-corrected chi connectivity index (χ1v) is 9.12. The molecule has 0 aliphatic heterocycles. The van der Waals surface area contributed by atoms with Crippen LogP contribution in [-0.2, 0) is 6.18 Å². The van der Waals surface area contributed by atoms with E-state index in [1.807, 2.05) is 13.2 Å². The zero-order valence-electron chi connectivity index (χ0n) is 15.3. The molecule has 0 unspecified atom stereocenters. The van der Waals surface area contributed by atoms with Crippen molar-refractivity contribution in [3.63, 3.8) is 0 Å². The molecule has 0 amide bonds. The number of hydrogen-bond acceptors (Lipinski definition) is 5. The smallest absolute Gasteiger partial charge is 0.357 e. The number of hydrogen-bond donors (Lipinski definition) is 3. The Bertz CT molecular complexity index is 569. The molecule has 6 nitrogen and oxygen atoms in total. The number of nitrogens with one attached hydrogen (secondary N) is 3. The molecule has 0 fully saturated rings. The molecule has 0 bridgehead atoms. The van der Waals surface area contributed by atoms with Crippen LogP contribution in [0.15, 0.2) is 17.3 Å². The van der Waals surface area contributed by atoms with Gasteiger partial charge in [0.15, 0.2) is 5.96 Å². The number of anilines is 1. The fourth-order valence-corrected chi connectivity index (χ4v) is 1.83. The van der Waals surface area contributed by atoms with E-state index < -0.39 is 11.9 Å². The van der Waals surface area contributed by atoms with E-state index in [4.69, 9.17) is 0 Å². The lowest BCUT2D eigenvalue weighted by Crippen LogP contribution is -2.40. The summed E-state index contributed by atoms with van der Waals surface area (Å²) in [4.78, 5) is 11.8. The molecule has 0 aliphatic carbocycles. The minimum atomic E-state index is -4.48. The second-order valence-electron chi connectivity index (χ2n) is 5.78. The fraction of sp³-hybridized carbons (Fsp3) is 0.667. The van der Waals surface area contributed by atoms with Crippen LogP contribution in [0.1, 0.15) is 26.5 Å². The Kier molecular flexibility index (Phi) is 11.2. The minimum Gasteiger partial charge on any atom is -0.357 e. The average molecular weight is 506 g/mol. The second kappa shape index (κ2) is 11.7. The van der Waals surface area contributed by atoms with Crippen LogP contribution in [0.5, 0.6) is 0 Å². The maximum absolute atomic E-state index is 12.6. The molecule has 3 N–H and O–H groups in total. The summed E-state index contributed by atoms with van der Waals surface area (Å²) in [5.41, 5.74) is -0.966. The predicted octanol–water partition coefficient (Wildman–Crippen LogP) is 3.22. The van der Waals surface area contributed by atoms with Crippen molar-refractivity contribution >= 4 is 47.6 Å². The number of halogens is 4. The standard InChI is InChI=1S/C15H25F3N6S.HI/c1-5-19-12(23-10-14(2,3)25-4)21-8-9-22-13-20-7-6-11(24-13)15(16,17)18;/h6-7H,5,8-10H2,1-4H3,(H2,19,21,23)(H,20,22,24);1H. The summed E-state index contributed by atoms with van der Waals surface area (Å²) < 4.78 is 37.8. The predicted molar refractivity (Wildman–Crippen MR) is 113 cm³/mol. The highest BCUT2D eigenvalue weighted by Crippen LogP contribution is 2.27. The Hall–Kier alpha value is -0.980. The topological polar surface area (TPSA) is 74.2 Å². The number of rotatable bonds is 8. The van der Waals surface area contributed by atoms with Crippen molar-refractivity contribution in [1.29, 1.82) is 0 Å². The maximum Gasteiger partial charge on any atom is 0.433 e. The van der Waals surface area contributed by atoms with E-state index in [0.29, 0.717) is 25.6 Å². The van der Waals surface area contributed by atoms with Crippen LogP contribution in [0.25, 0.3) is 0 Å². The molecule has 0 spiro atoms. The molecule has 0 radical (unpaired) electrons.